The Kier molecular flexibility index (Phi) is 3.60. The largest absolute Gasteiger partial charge is 0.347 e. The van der Waals surface area contributed by atoms with E-state index in [2.05, 4.69) is 23.8 Å². The van der Waals surface area contributed by atoms with Gasteiger partial charge in [-0.2, -0.15) is 0 Å². The van der Waals surface area contributed by atoms with Crippen molar-refractivity contribution in [1.29, 1.82) is 0 Å². The summed E-state index contributed by atoms with van der Waals surface area (Å²) in [6.45, 7) is 6.44. The molecule has 0 saturated heterocycles. The molecule has 0 spiro atoms. The Balaban J connectivity index is 2.72. The van der Waals surface area contributed by atoms with Gasteiger partial charge in [0.1, 0.15) is 10.5 Å². The van der Waals surface area contributed by atoms with E-state index in [4.69, 9.17) is 12.2 Å². The fraction of sp³-hybridized carbons (Fsp3) is 0.600. The normalized spacial score (nSPS) is 10.8. The number of hydrogen-bond acceptors (Lipinski definition) is 2. The van der Waals surface area contributed by atoms with Crippen molar-refractivity contribution in [2.45, 2.75) is 33.6 Å². The van der Waals surface area contributed by atoms with E-state index < -0.39 is 0 Å². The molecular weight excluding hydrogens is 180 g/mol. The molecule has 0 aliphatic carbocycles. The van der Waals surface area contributed by atoms with Crippen molar-refractivity contribution in [3.8, 4) is 0 Å². The summed E-state index contributed by atoms with van der Waals surface area (Å²) in [5.74, 6) is 1.72. The lowest BCUT2D eigenvalue weighted by atomic mass is 10.1. The minimum Gasteiger partial charge on any atom is -0.347 e. The van der Waals surface area contributed by atoms with Gasteiger partial charge in [0, 0.05) is 12.1 Å². The molecule has 1 aromatic rings. The number of aromatic amines is 1. The van der Waals surface area contributed by atoms with Gasteiger partial charge in [-0.25, -0.2) is 4.98 Å². The van der Waals surface area contributed by atoms with Crippen LogP contribution in [0.3, 0.4) is 0 Å². The number of aromatic nitrogens is 2. The number of hydrogen-bond donors (Lipinski definition) is 1. The first-order chi connectivity index (χ1) is 6.08. The van der Waals surface area contributed by atoms with Crippen LogP contribution < -0.4 is 0 Å². The highest BCUT2D eigenvalue weighted by Gasteiger charge is 1.98. The highest BCUT2D eigenvalue weighted by Crippen LogP contribution is 2.05. The number of aryl methyl sites for hydroxylation is 2. The molecule has 0 fully saturated rings. The van der Waals surface area contributed by atoms with E-state index in [0.717, 1.165) is 24.4 Å². The molecule has 0 bridgehead atoms. The second-order valence-corrected chi connectivity index (χ2v) is 4.20. The van der Waals surface area contributed by atoms with Gasteiger partial charge in [0.25, 0.3) is 0 Å². The lowest BCUT2D eigenvalue weighted by Gasteiger charge is -2.04. The van der Waals surface area contributed by atoms with Crippen molar-refractivity contribution in [3.63, 3.8) is 0 Å². The highest BCUT2D eigenvalue weighted by molar-refractivity contribution is 7.71. The summed E-state index contributed by atoms with van der Waals surface area (Å²) in [7, 11) is 0. The number of rotatable bonds is 3. The van der Waals surface area contributed by atoms with Crippen LogP contribution in [-0.4, -0.2) is 9.97 Å². The number of nitrogens with zero attached hydrogens (tertiary/aromatic N) is 1. The first kappa shape index (κ1) is 10.4. The fourth-order valence-corrected chi connectivity index (χ4v) is 1.47. The van der Waals surface area contributed by atoms with Gasteiger partial charge >= 0.3 is 0 Å². The average Bonchev–Trinajstić information content (AvgIpc) is 1.99. The molecule has 72 valence electrons. The predicted molar refractivity (Wildman–Crippen MR) is 57.3 cm³/mol. The Hall–Kier alpha value is -0.700. The summed E-state index contributed by atoms with van der Waals surface area (Å²) in [4.78, 5) is 7.49. The molecule has 0 unspecified atom stereocenters. The minimum atomic E-state index is 0.690. The molecule has 0 aliphatic rings. The van der Waals surface area contributed by atoms with Crippen LogP contribution in [-0.2, 0) is 6.42 Å². The zero-order valence-electron chi connectivity index (χ0n) is 8.42. The molecule has 0 amide bonds. The first-order valence-corrected chi connectivity index (χ1v) is 5.05. The molecule has 0 radical (unpaired) electrons. The third-order valence-corrected chi connectivity index (χ3v) is 2.09. The van der Waals surface area contributed by atoms with Gasteiger partial charge in [-0.15, -0.1) is 0 Å². The van der Waals surface area contributed by atoms with Crippen LogP contribution in [0.15, 0.2) is 6.07 Å². The molecule has 3 heteroatoms. The van der Waals surface area contributed by atoms with Crippen molar-refractivity contribution in [2.75, 3.05) is 0 Å². The molecule has 1 aromatic heterocycles. The summed E-state index contributed by atoms with van der Waals surface area (Å²) in [5, 5.41) is 0. The molecule has 1 rings (SSSR count). The average molecular weight is 196 g/mol. The quantitative estimate of drug-likeness (QED) is 0.753. The summed E-state index contributed by atoms with van der Waals surface area (Å²) in [6.07, 6.45) is 2.14. The fourth-order valence-electron chi connectivity index (χ4n) is 1.19. The second-order valence-electron chi connectivity index (χ2n) is 3.78. The van der Waals surface area contributed by atoms with Crippen molar-refractivity contribution >= 4 is 12.2 Å². The third-order valence-electron chi connectivity index (χ3n) is 1.89. The summed E-state index contributed by atoms with van der Waals surface area (Å²) in [6, 6.07) is 1.88. The lowest BCUT2D eigenvalue weighted by Crippen LogP contribution is -1.99. The van der Waals surface area contributed by atoms with Crippen LogP contribution in [0.4, 0.5) is 0 Å². The van der Waals surface area contributed by atoms with E-state index >= 15 is 0 Å². The van der Waals surface area contributed by atoms with Gasteiger partial charge in [0.15, 0.2) is 0 Å². The number of H-pyrrole nitrogens is 1. The topological polar surface area (TPSA) is 28.7 Å². The van der Waals surface area contributed by atoms with Gasteiger partial charge in [-0.05, 0) is 25.3 Å². The van der Waals surface area contributed by atoms with Crippen LogP contribution in [0.5, 0.6) is 0 Å². The monoisotopic (exact) mass is 196 g/mol. The highest BCUT2D eigenvalue weighted by atomic mass is 32.1. The van der Waals surface area contributed by atoms with Crippen LogP contribution in [0.1, 0.15) is 31.8 Å². The van der Waals surface area contributed by atoms with Gasteiger partial charge in [0.2, 0.25) is 0 Å². The van der Waals surface area contributed by atoms with Gasteiger partial charge in [-0.1, -0.05) is 26.1 Å². The van der Waals surface area contributed by atoms with Gasteiger partial charge < -0.3 is 4.98 Å². The molecule has 13 heavy (non-hydrogen) atoms. The zero-order chi connectivity index (χ0) is 9.84. The van der Waals surface area contributed by atoms with Crippen LogP contribution in [0.25, 0.3) is 0 Å². The van der Waals surface area contributed by atoms with E-state index in [9.17, 15) is 0 Å². The van der Waals surface area contributed by atoms with Crippen molar-refractivity contribution in [2.24, 2.45) is 5.92 Å². The number of nitrogens with one attached hydrogen (secondary N) is 1. The molecular formula is C10H16N2S. The maximum Gasteiger partial charge on any atom is 0.129 e. The molecule has 1 N–H and O–H groups in total. The van der Waals surface area contributed by atoms with E-state index in [-0.39, 0.29) is 0 Å². The zero-order valence-corrected chi connectivity index (χ0v) is 9.24. The Morgan fingerprint density at radius 2 is 2.23 bits per heavy atom. The summed E-state index contributed by atoms with van der Waals surface area (Å²) in [5.41, 5.74) is 1.10. The van der Waals surface area contributed by atoms with E-state index in [1.807, 2.05) is 13.0 Å². The third kappa shape index (κ3) is 3.68. The Labute approximate surface area is 84.4 Å². The Morgan fingerprint density at radius 1 is 1.54 bits per heavy atom. The van der Waals surface area contributed by atoms with Gasteiger partial charge in [-0.3, -0.25) is 0 Å². The lowest BCUT2D eigenvalue weighted by molar-refractivity contribution is 0.573. The molecule has 0 aromatic carbocycles. The summed E-state index contributed by atoms with van der Waals surface area (Å²) >= 11 is 5.04. The summed E-state index contributed by atoms with van der Waals surface area (Å²) < 4.78 is 0.690. The van der Waals surface area contributed by atoms with Crippen molar-refractivity contribution in [3.05, 3.63) is 22.2 Å². The smallest absolute Gasteiger partial charge is 0.129 e. The first-order valence-electron chi connectivity index (χ1n) is 4.65. The maximum atomic E-state index is 5.04. The standard InChI is InChI=1S/C10H16N2S/c1-7(2)4-5-9-11-8(3)6-10(13)12-9/h6-7H,4-5H2,1-3H3,(H,11,12,13). The SMILES string of the molecule is Cc1cc(=S)nc(CCC(C)C)[nH]1. The van der Waals surface area contributed by atoms with Crippen LogP contribution >= 0.6 is 12.2 Å². The molecule has 0 saturated carbocycles. The predicted octanol–water partition coefficient (Wildman–Crippen LogP) is 3.04. The van der Waals surface area contributed by atoms with E-state index in [0.29, 0.717) is 10.6 Å². The molecule has 2 nitrogen and oxygen atoms in total. The van der Waals surface area contributed by atoms with Crippen LogP contribution in [0, 0.1) is 17.5 Å². The Morgan fingerprint density at radius 3 is 2.77 bits per heavy atom. The van der Waals surface area contributed by atoms with Crippen molar-refractivity contribution < 1.29 is 0 Å². The van der Waals surface area contributed by atoms with E-state index in [1.54, 1.807) is 0 Å². The minimum absolute atomic E-state index is 0.690. The van der Waals surface area contributed by atoms with Gasteiger partial charge in [0.05, 0.1) is 0 Å². The molecule has 1 heterocycles. The van der Waals surface area contributed by atoms with Crippen LogP contribution in [0.2, 0.25) is 0 Å². The second kappa shape index (κ2) is 4.51. The molecule has 0 atom stereocenters. The molecule has 0 aliphatic heterocycles. The van der Waals surface area contributed by atoms with Crippen molar-refractivity contribution in [1.82, 2.24) is 9.97 Å². The Bertz CT molecular complexity index is 328. The maximum absolute atomic E-state index is 5.04. The van der Waals surface area contributed by atoms with E-state index in [1.165, 1.54) is 0 Å².